The first-order chi connectivity index (χ1) is 16.5. The van der Waals surface area contributed by atoms with Crippen LogP contribution in [-0.4, -0.2) is 56.6 Å². The lowest BCUT2D eigenvalue weighted by molar-refractivity contribution is -0.140. The normalized spacial score (nSPS) is 12.6. The second-order valence-electron chi connectivity index (χ2n) is 9.63. The van der Waals surface area contributed by atoms with Crippen molar-refractivity contribution in [2.45, 2.75) is 52.7 Å². The Hall–Kier alpha value is -2.49. The molecule has 2 rings (SSSR count). The second-order valence-corrected chi connectivity index (χ2v) is 12.4. The molecule has 0 fully saturated rings. The molecule has 0 spiro atoms. The van der Waals surface area contributed by atoms with E-state index in [1.54, 1.807) is 50.2 Å². The summed E-state index contributed by atoms with van der Waals surface area (Å²) in [5.41, 5.74) is 1.12. The number of ether oxygens (including phenoxy) is 1. The summed E-state index contributed by atoms with van der Waals surface area (Å²) in [5, 5.41) is 3.52. The maximum absolute atomic E-state index is 13.7. The summed E-state index contributed by atoms with van der Waals surface area (Å²) in [6, 6.07) is 9.04. The molecule has 0 aliphatic heterocycles. The molecule has 0 aliphatic carbocycles. The Balaban J connectivity index is 2.50. The molecule has 1 atom stereocenters. The Kier molecular flexibility index (Phi) is 9.67. The number of hydrogen-bond donors (Lipinski definition) is 1. The molecule has 8 nitrogen and oxygen atoms in total. The summed E-state index contributed by atoms with van der Waals surface area (Å²) < 4.78 is 31.9. The van der Waals surface area contributed by atoms with Gasteiger partial charge in [0.25, 0.3) is 0 Å². The molecular weight excluding hydrogens is 525 g/mol. The lowest BCUT2D eigenvalue weighted by atomic mass is 10.1. The van der Waals surface area contributed by atoms with E-state index in [1.165, 1.54) is 12.0 Å². The Bertz CT molecular complexity index is 1230. The first kappa shape index (κ1) is 29.7. The number of amides is 2. The van der Waals surface area contributed by atoms with Crippen molar-refractivity contribution in [2.24, 2.45) is 0 Å². The monoisotopic (exact) mass is 557 g/mol. The summed E-state index contributed by atoms with van der Waals surface area (Å²) >= 11 is 12.2. The van der Waals surface area contributed by atoms with E-state index in [0.29, 0.717) is 21.4 Å². The van der Waals surface area contributed by atoms with Crippen LogP contribution < -0.4 is 14.4 Å². The Morgan fingerprint density at radius 1 is 1.08 bits per heavy atom. The van der Waals surface area contributed by atoms with Crippen LogP contribution >= 0.6 is 23.2 Å². The molecule has 0 aromatic heterocycles. The van der Waals surface area contributed by atoms with Crippen molar-refractivity contribution in [3.63, 3.8) is 0 Å². The van der Waals surface area contributed by atoms with Crippen molar-refractivity contribution in [3.05, 3.63) is 57.6 Å². The van der Waals surface area contributed by atoms with Crippen LogP contribution in [0.5, 0.6) is 5.75 Å². The molecule has 36 heavy (non-hydrogen) atoms. The van der Waals surface area contributed by atoms with Gasteiger partial charge in [0.1, 0.15) is 18.3 Å². The van der Waals surface area contributed by atoms with E-state index in [2.05, 4.69) is 5.32 Å². The molecule has 0 saturated carbocycles. The number of carbonyl (C=O) groups excluding carboxylic acids is 2. The molecule has 0 radical (unpaired) electrons. The average Bonchev–Trinajstić information content (AvgIpc) is 2.75. The fraction of sp³-hybridized carbons (Fsp3) is 0.440. The number of rotatable bonds is 9. The predicted octanol–water partition coefficient (Wildman–Crippen LogP) is 4.41. The molecule has 2 aromatic rings. The van der Waals surface area contributed by atoms with Crippen LogP contribution in [0.2, 0.25) is 10.0 Å². The van der Waals surface area contributed by atoms with Crippen molar-refractivity contribution in [1.29, 1.82) is 0 Å². The highest BCUT2D eigenvalue weighted by Crippen LogP contribution is 2.31. The van der Waals surface area contributed by atoms with E-state index in [4.69, 9.17) is 27.9 Å². The van der Waals surface area contributed by atoms with E-state index >= 15 is 0 Å². The van der Waals surface area contributed by atoms with Gasteiger partial charge < -0.3 is 15.0 Å². The number of sulfonamides is 1. The Morgan fingerprint density at radius 3 is 2.25 bits per heavy atom. The lowest BCUT2D eigenvalue weighted by Crippen LogP contribution is -2.54. The fourth-order valence-electron chi connectivity index (χ4n) is 3.48. The summed E-state index contributed by atoms with van der Waals surface area (Å²) in [7, 11) is -2.47. The maximum atomic E-state index is 13.7. The Morgan fingerprint density at radius 2 is 1.72 bits per heavy atom. The van der Waals surface area contributed by atoms with Gasteiger partial charge in [-0.05, 0) is 70.0 Å². The van der Waals surface area contributed by atoms with Gasteiger partial charge in [0.2, 0.25) is 21.8 Å². The topological polar surface area (TPSA) is 96.0 Å². The Labute approximate surface area is 223 Å². The van der Waals surface area contributed by atoms with Crippen molar-refractivity contribution in [2.75, 3.05) is 24.2 Å². The van der Waals surface area contributed by atoms with Crippen molar-refractivity contribution in [1.82, 2.24) is 10.2 Å². The molecule has 198 valence electrons. The first-order valence-corrected chi connectivity index (χ1v) is 13.8. The molecule has 0 saturated heterocycles. The van der Waals surface area contributed by atoms with Crippen LogP contribution in [0, 0.1) is 6.92 Å². The number of halogens is 2. The fourth-order valence-corrected chi connectivity index (χ4v) is 4.65. The van der Waals surface area contributed by atoms with Gasteiger partial charge in [-0.3, -0.25) is 13.9 Å². The van der Waals surface area contributed by atoms with Gasteiger partial charge in [0.15, 0.2) is 0 Å². The molecule has 0 unspecified atom stereocenters. The smallest absolute Gasteiger partial charge is 0.244 e. The van der Waals surface area contributed by atoms with Gasteiger partial charge >= 0.3 is 0 Å². The second kappa shape index (κ2) is 11.7. The summed E-state index contributed by atoms with van der Waals surface area (Å²) in [5.74, 6) is -0.657. The van der Waals surface area contributed by atoms with Crippen molar-refractivity contribution in [3.8, 4) is 5.75 Å². The minimum atomic E-state index is -3.89. The highest BCUT2D eigenvalue weighted by Gasteiger charge is 2.32. The van der Waals surface area contributed by atoms with Gasteiger partial charge in [-0.2, -0.15) is 0 Å². The zero-order chi connectivity index (χ0) is 27.4. The molecule has 2 aromatic carbocycles. The molecule has 0 bridgehead atoms. The third-order valence-corrected chi connectivity index (χ3v) is 7.15. The molecule has 11 heteroatoms. The molecular formula is C25H33Cl2N3O5S. The number of nitrogens with zero attached hydrogens (tertiary/aromatic N) is 2. The zero-order valence-corrected chi connectivity index (χ0v) is 23.9. The number of aryl methyl sites for hydroxylation is 1. The molecule has 2 amide bonds. The van der Waals surface area contributed by atoms with E-state index in [9.17, 15) is 18.0 Å². The minimum absolute atomic E-state index is 0.0109. The van der Waals surface area contributed by atoms with E-state index < -0.39 is 34.1 Å². The van der Waals surface area contributed by atoms with Crippen molar-refractivity contribution >= 4 is 50.7 Å². The largest absolute Gasteiger partial charge is 0.495 e. The third-order valence-electron chi connectivity index (χ3n) is 5.28. The quantitative estimate of drug-likeness (QED) is 0.492. The van der Waals surface area contributed by atoms with E-state index in [-0.39, 0.29) is 18.1 Å². The number of nitrogens with one attached hydrogen (secondary N) is 1. The third kappa shape index (κ3) is 8.01. The van der Waals surface area contributed by atoms with E-state index in [0.717, 1.165) is 16.1 Å². The molecule has 0 heterocycles. The predicted molar refractivity (Wildman–Crippen MR) is 144 cm³/mol. The molecule has 1 N–H and O–H groups in total. The average molecular weight is 559 g/mol. The zero-order valence-electron chi connectivity index (χ0n) is 21.6. The number of hydrogen-bond acceptors (Lipinski definition) is 5. The summed E-state index contributed by atoms with van der Waals surface area (Å²) in [6.07, 6.45) is 1.01. The van der Waals surface area contributed by atoms with Gasteiger partial charge in [-0.1, -0.05) is 35.3 Å². The van der Waals surface area contributed by atoms with Crippen LogP contribution in [-0.2, 0) is 26.2 Å². The summed E-state index contributed by atoms with van der Waals surface area (Å²) in [4.78, 5) is 28.0. The van der Waals surface area contributed by atoms with Gasteiger partial charge in [-0.25, -0.2) is 8.42 Å². The number of methoxy groups -OCH3 is 1. The standard InChI is InChI=1S/C25H33Cl2N3O5S/c1-16-8-11-22(35-6)21(12-16)30(36(7,33)34)15-23(31)29(17(2)24(32)28-25(3,4)5)14-18-9-10-19(26)20(27)13-18/h8-13,17H,14-15H2,1-7H3,(H,28,32)/t17-/m0/s1. The first-order valence-electron chi connectivity index (χ1n) is 11.2. The van der Waals surface area contributed by atoms with E-state index in [1.807, 2.05) is 20.8 Å². The lowest BCUT2D eigenvalue weighted by Gasteiger charge is -2.33. The van der Waals surface area contributed by atoms with Gasteiger partial charge in [-0.15, -0.1) is 0 Å². The minimum Gasteiger partial charge on any atom is -0.495 e. The summed E-state index contributed by atoms with van der Waals surface area (Å²) in [6.45, 7) is 8.37. The van der Waals surface area contributed by atoms with Crippen LogP contribution in [0.25, 0.3) is 0 Å². The highest BCUT2D eigenvalue weighted by molar-refractivity contribution is 7.92. The molecule has 0 aliphatic rings. The highest BCUT2D eigenvalue weighted by atomic mass is 35.5. The number of benzene rings is 2. The van der Waals surface area contributed by atoms with Gasteiger partial charge in [0.05, 0.1) is 29.1 Å². The maximum Gasteiger partial charge on any atom is 0.244 e. The number of carbonyl (C=O) groups is 2. The van der Waals surface area contributed by atoms with Gasteiger partial charge in [0, 0.05) is 12.1 Å². The SMILES string of the molecule is COc1ccc(C)cc1N(CC(=O)N(Cc1ccc(Cl)c(Cl)c1)[C@@H](C)C(=O)NC(C)(C)C)S(C)(=O)=O. The number of anilines is 1. The van der Waals surface area contributed by atoms with Crippen molar-refractivity contribution < 1.29 is 22.7 Å². The van der Waals surface area contributed by atoms with Crippen LogP contribution in [0.1, 0.15) is 38.8 Å². The van der Waals surface area contributed by atoms with Crippen LogP contribution in [0.15, 0.2) is 36.4 Å². The van der Waals surface area contributed by atoms with Crippen LogP contribution in [0.3, 0.4) is 0 Å². The van der Waals surface area contributed by atoms with Crippen LogP contribution in [0.4, 0.5) is 5.69 Å².